The van der Waals surface area contributed by atoms with Crippen molar-refractivity contribution < 1.29 is 4.74 Å². The Hall–Kier alpha value is -1.78. The van der Waals surface area contributed by atoms with Crippen LogP contribution in [0.4, 0.5) is 5.69 Å². The molecule has 0 saturated heterocycles. The number of halogens is 1. The fourth-order valence-corrected chi connectivity index (χ4v) is 2.92. The Kier molecular flexibility index (Phi) is 3.51. The summed E-state index contributed by atoms with van der Waals surface area (Å²) in [7, 11) is 0. The molecule has 3 nitrogen and oxygen atoms in total. The van der Waals surface area contributed by atoms with Crippen LogP contribution in [-0.2, 0) is 0 Å². The zero-order chi connectivity index (χ0) is 14.1. The van der Waals surface area contributed by atoms with Gasteiger partial charge >= 0.3 is 0 Å². The molecule has 1 unspecified atom stereocenters. The van der Waals surface area contributed by atoms with E-state index in [2.05, 4.69) is 5.32 Å². The largest absolute Gasteiger partial charge is 0.491 e. The van der Waals surface area contributed by atoms with Crippen LogP contribution in [0.1, 0.15) is 17.2 Å². The fourth-order valence-electron chi connectivity index (χ4n) is 2.36. The van der Waals surface area contributed by atoms with E-state index in [0.717, 1.165) is 17.0 Å². The number of nitrogens with two attached hydrogens (primary N) is 1. The van der Waals surface area contributed by atoms with Crippen molar-refractivity contribution in [3.05, 3.63) is 58.6 Å². The Balaban J connectivity index is 1.94. The second kappa shape index (κ2) is 5.31. The minimum absolute atomic E-state index is 0.0674. The topological polar surface area (TPSA) is 47.3 Å². The molecule has 20 heavy (non-hydrogen) atoms. The lowest BCUT2D eigenvalue weighted by Gasteiger charge is -2.17. The number of hydrogen-bond acceptors (Lipinski definition) is 3. The molecule has 3 rings (SSSR count). The van der Waals surface area contributed by atoms with Crippen molar-refractivity contribution in [2.45, 2.75) is 6.04 Å². The number of fused-ring (bicyclic) bond motifs is 1. The molecule has 102 valence electrons. The third-order valence-electron chi connectivity index (χ3n) is 3.29. The number of anilines is 1. The number of ether oxygens (including phenoxy) is 1. The molecule has 0 saturated carbocycles. The Bertz CT molecular complexity index is 675. The Morgan fingerprint density at radius 2 is 2.05 bits per heavy atom. The van der Waals surface area contributed by atoms with Crippen molar-refractivity contribution in [2.24, 2.45) is 5.73 Å². The van der Waals surface area contributed by atoms with Gasteiger partial charge in [-0.2, -0.15) is 0 Å². The summed E-state index contributed by atoms with van der Waals surface area (Å²) in [5, 5.41) is 3.96. The highest BCUT2D eigenvalue weighted by atomic mass is 35.5. The van der Waals surface area contributed by atoms with Gasteiger partial charge < -0.3 is 15.8 Å². The van der Waals surface area contributed by atoms with Crippen molar-refractivity contribution in [3.8, 4) is 5.75 Å². The van der Waals surface area contributed by atoms with Crippen LogP contribution in [0, 0.1) is 0 Å². The maximum absolute atomic E-state index is 6.17. The molecule has 1 aliphatic rings. The lowest BCUT2D eigenvalue weighted by Crippen LogP contribution is -2.17. The molecule has 1 aliphatic heterocycles. The van der Waals surface area contributed by atoms with Crippen LogP contribution < -0.4 is 15.8 Å². The van der Waals surface area contributed by atoms with Crippen molar-refractivity contribution in [1.82, 2.24) is 0 Å². The minimum Gasteiger partial charge on any atom is -0.491 e. The van der Waals surface area contributed by atoms with Crippen LogP contribution in [0.5, 0.6) is 5.75 Å². The summed E-state index contributed by atoms with van der Waals surface area (Å²) in [5.41, 5.74) is 8.39. The average Bonchev–Trinajstić information content (AvgIpc) is 2.82. The first-order chi connectivity index (χ1) is 9.66. The van der Waals surface area contributed by atoms with E-state index in [1.54, 1.807) is 6.07 Å². The maximum atomic E-state index is 6.17. The molecule has 2 aromatic rings. The first-order valence-corrected chi connectivity index (χ1v) is 7.02. The predicted octanol–water partition coefficient (Wildman–Crippen LogP) is 3.52. The van der Waals surface area contributed by atoms with Crippen LogP contribution in [0.15, 0.2) is 42.5 Å². The van der Waals surface area contributed by atoms with Gasteiger partial charge in [0, 0.05) is 11.3 Å². The Morgan fingerprint density at radius 1 is 1.25 bits per heavy atom. The van der Waals surface area contributed by atoms with Gasteiger partial charge in [-0.05, 0) is 18.2 Å². The monoisotopic (exact) mass is 304 g/mol. The molecular formula is C15H13ClN2OS. The van der Waals surface area contributed by atoms with Crippen LogP contribution in [0.3, 0.4) is 0 Å². The number of thiocarbonyl (C=S) groups is 1. The second-order valence-electron chi connectivity index (χ2n) is 4.57. The van der Waals surface area contributed by atoms with Crippen molar-refractivity contribution in [3.63, 3.8) is 0 Å². The number of nitrogens with one attached hydrogen (secondary N) is 1. The molecule has 1 heterocycles. The highest BCUT2D eigenvalue weighted by Gasteiger charge is 2.24. The summed E-state index contributed by atoms with van der Waals surface area (Å²) >= 11 is 11.2. The van der Waals surface area contributed by atoms with E-state index in [0.29, 0.717) is 17.2 Å². The smallest absolute Gasteiger partial charge is 0.124 e. The highest BCUT2D eigenvalue weighted by Crippen LogP contribution is 2.35. The molecular weight excluding hydrogens is 292 g/mol. The molecule has 0 spiro atoms. The van der Waals surface area contributed by atoms with Crippen molar-refractivity contribution in [2.75, 3.05) is 11.9 Å². The van der Waals surface area contributed by atoms with Gasteiger partial charge in [0.15, 0.2) is 0 Å². The second-order valence-corrected chi connectivity index (χ2v) is 5.42. The molecule has 0 radical (unpaired) electrons. The van der Waals surface area contributed by atoms with E-state index >= 15 is 0 Å². The predicted molar refractivity (Wildman–Crippen MR) is 85.6 cm³/mol. The van der Waals surface area contributed by atoms with Crippen molar-refractivity contribution in [1.29, 1.82) is 0 Å². The Morgan fingerprint density at radius 3 is 2.85 bits per heavy atom. The Labute approximate surface area is 127 Å². The molecule has 0 amide bonds. The van der Waals surface area contributed by atoms with Crippen molar-refractivity contribution >= 4 is 34.5 Å². The zero-order valence-electron chi connectivity index (χ0n) is 10.6. The molecule has 0 aromatic heterocycles. The molecule has 2 aromatic carbocycles. The van der Waals surface area contributed by atoms with Gasteiger partial charge in [-0.25, -0.2) is 0 Å². The summed E-state index contributed by atoms with van der Waals surface area (Å²) in [5.74, 6) is 0.906. The summed E-state index contributed by atoms with van der Waals surface area (Å²) in [6, 6.07) is 13.6. The fraction of sp³-hybridized carbons (Fsp3) is 0.133. The zero-order valence-corrected chi connectivity index (χ0v) is 12.2. The van der Waals surface area contributed by atoms with Gasteiger partial charge in [-0.15, -0.1) is 0 Å². The molecule has 3 N–H and O–H groups in total. The van der Waals surface area contributed by atoms with Crippen LogP contribution in [0.2, 0.25) is 5.02 Å². The minimum atomic E-state index is 0.0674. The van der Waals surface area contributed by atoms with E-state index in [4.69, 9.17) is 34.3 Å². The number of benzene rings is 2. The number of rotatable bonds is 3. The molecule has 5 heteroatoms. The highest BCUT2D eigenvalue weighted by molar-refractivity contribution is 7.80. The van der Waals surface area contributed by atoms with Crippen LogP contribution in [-0.4, -0.2) is 11.6 Å². The van der Waals surface area contributed by atoms with Gasteiger partial charge in [0.25, 0.3) is 0 Å². The maximum Gasteiger partial charge on any atom is 0.124 e. The normalized spacial score (nSPS) is 16.4. The van der Waals surface area contributed by atoms with Gasteiger partial charge in [-0.3, -0.25) is 0 Å². The molecule has 0 aliphatic carbocycles. The summed E-state index contributed by atoms with van der Waals surface area (Å²) < 4.78 is 5.65. The van der Waals surface area contributed by atoms with E-state index in [-0.39, 0.29) is 11.0 Å². The summed E-state index contributed by atoms with van der Waals surface area (Å²) in [6.07, 6.45) is 0. The average molecular weight is 305 g/mol. The first kappa shape index (κ1) is 13.2. The van der Waals surface area contributed by atoms with Crippen LogP contribution >= 0.6 is 23.8 Å². The molecule has 0 fully saturated rings. The summed E-state index contributed by atoms with van der Waals surface area (Å²) in [6.45, 7) is 0.572. The van der Waals surface area contributed by atoms with E-state index in [9.17, 15) is 0 Å². The van der Waals surface area contributed by atoms with Crippen LogP contribution in [0.25, 0.3) is 0 Å². The van der Waals surface area contributed by atoms with E-state index < -0.39 is 0 Å². The SMILES string of the molecule is NC(=S)c1c(Cl)cccc1NC1COc2ccccc21. The van der Waals surface area contributed by atoms with Gasteiger partial charge in [-0.1, -0.05) is 48.1 Å². The third kappa shape index (κ3) is 2.32. The number of para-hydroxylation sites is 1. The quantitative estimate of drug-likeness (QED) is 0.852. The summed E-state index contributed by atoms with van der Waals surface area (Å²) in [4.78, 5) is 0.283. The molecule has 0 bridgehead atoms. The first-order valence-electron chi connectivity index (χ1n) is 6.23. The lowest BCUT2D eigenvalue weighted by molar-refractivity contribution is 0.340. The van der Waals surface area contributed by atoms with E-state index in [1.807, 2.05) is 36.4 Å². The van der Waals surface area contributed by atoms with Gasteiger partial charge in [0.2, 0.25) is 0 Å². The van der Waals surface area contributed by atoms with Gasteiger partial charge in [0.1, 0.15) is 17.3 Å². The third-order valence-corrected chi connectivity index (χ3v) is 3.81. The van der Waals surface area contributed by atoms with E-state index in [1.165, 1.54) is 0 Å². The lowest BCUT2D eigenvalue weighted by atomic mass is 10.1. The molecule has 1 atom stereocenters. The number of hydrogen-bond donors (Lipinski definition) is 2. The standard InChI is InChI=1S/C15H13ClN2OS/c16-10-5-3-6-11(14(10)15(17)20)18-12-8-19-13-7-2-1-4-9(12)13/h1-7,12,18H,8H2,(H2,17,20). The van der Waals surface area contributed by atoms with Gasteiger partial charge in [0.05, 0.1) is 16.6 Å².